The van der Waals surface area contributed by atoms with Crippen LogP contribution in [0.4, 0.5) is 0 Å². The molecule has 1 atom stereocenters. The van der Waals surface area contributed by atoms with Gasteiger partial charge in [-0.3, -0.25) is 4.79 Å². The highest BCUT2D eigenvalue weighted by atomic mass is 16.5. The standard InChI is InChI=1S/C15H24O3/c1-11(2)9-15(5,13-7-6-8-17-13)14(16)18-10-12(3)4/h6-8,11-12H,9-10H2,1-5H3. The third-order valence-corrected chi connectivity index (χ3v) is 2.88. The average Bonchev–Trinajstić information content (AvgIpc) is 2.78. The van der Waals surface area contributed by atoms with Gasteiger partial charge in [0.2, 0.25) is 0 Å². The molecule has 0 saturated heterocycles. The second kappa shape index (κ2) is 6.07. The van der Waals surface area contributed by atoms with Crippen molar-refractivity contribution in [2.45, 2.75) is 46.5 Å². The first-order chi connectivity index (χ1) is 8.36. The maximum absolute atomic E-state index is 12.3. The molecule has 18 heavy (non-hydrogen) atoms. The molecule has 0 saturated carbocycles. The Morgan fingerprint density at radius 1 is 1.33 bits per heavy atom. The van der Waals surface area contributed by atoms with Crippen LogP contribution in [0.1, 0.15) is 46.8 Å². The van der Waals surface area contributed by atoms with Crippen LogP contribution in [0.15, 0.2) is 22.8 Å². The van der Waals surface area contributed by atoms with E-state index in [-0.39, 0.29) is 5.97 Å². The van der Waals surface area contributed by atoms with E-state index in [0.717, 1.165) is 6.42 Å². The van der Waals surface area contributed by atoms with E-state index in [1.165, 1.54) is 0 Å². The Balaban J connectivity index is 2.87. The van der Waals surface area contributed by atoms with E-state index in [1.54, 1.807) is 6.26 Å². The van der Waals surface area contributed by atoms with Crippen LogP contribution >= 0.6 is 0 Å². The number of furan rings is 1. The lowest BCUT2D eigenvalue weighted by Gasteiger charge is -2.27. The summed E-state index contributed by atoms with van der Waals surface area (Å²) in [5.74, 6) is 1.23. The van der Waals surface area contributed by atoms with Crippen molar-refractivity contribution in [3.8, 4) is 0 Å². The second-order valence-electron chi connectivity index (χ2n) is 5.90. The lowest BCUT2D eigenvalue weighted by molar-refractivity contribution is -0.152. The predicted octanol–water partition coefficient (Wildman–Crippen LogP) is 3.78. The molecule has 0 radical (unpaired) electrons. The smallest absolute Gasteiger partial charge is 0.319 e. The molecule has 0 fully saturated rings. The van der Waals surface area contributed by atoms with Gasteiger partial charge in [0, 0.05) is 0 Å². The summed E-state index contributed by atoms with van der Waals surface area (Å²) in [5.41, 5.74) is -0.688. The molecule has 0 aliphatic heterocycles. The molecule has 1 unspecified atom stereocenters. The van der Waals surface area contributed by atoms with Gasteiger partial charge in [-0.15, -0.1) is 0 Å². The Kier molecular flexibility index (Phi) is 5.00. The van der Waals surface area contributed by atoms with Crippen molar-refractivity contribution >= 4 is 5.97 Å². The maximum Gasteiger partial charge on any atom is 0.319 e. The van der Waals surface area contributed by atoms with Gasteiger partial charge >= 0.3 is 5.97 Å². The molecular formula is C15H24O3. The molecule has 0 spiro atoms. The minimum atomic E-state index is -0.688. The quantitative estimate of drug-likeness (QED) is 0.723. The normalized spacial score (nSPS) is 14.8. The van der Waals surface area contributed by atoms with E-state index in [9.17, 15) is 4.79 Å². The lowest BCUT2D eigenvalue weighted by Crippen LogP contribution is -2.36. The molecule has 1 aromatic heterocycles. The van der Waals surface area contributed by atoms with Crippen LogP contribution < -0.4 is 0 Å². The van der Waals surface area contributed by atoms with Crippen molar-refractivity contribution < 1.29 is 13.9 Å². The highest BCUT2D eigenvalue weighted by Gasteiger charge is 2.40. The third kappa shape index (κ3) is 3.62. The van der Waals surface area contributed by atoms with E-state index in [4.69, 9.17) is 9.15 Å². The molecule has 1 aromatic rings. The summed E-state index contributed by atoms with van der Waals surface area (Å²) in [6, 6.07) is 3.66. The summed E-state index contributed by atoms with van der Waals surface area (Å²) < 4.78 is 10.8. The highest BCUT2D eigenvalue weighted by molar-refractivity contribution is 5.81. The van der Waals surface area contributed by atoms with Gasteiger partial charge in [0.05, 0.1) is 12.9 Å². The Morgan fingerprint density at radius 3 is 2.44 bits per heavy atom. The first-order valence-electron chi connectivity index (χ1n) is 6.57. The van der Waals surface area contributed by atoms with Gasteiger partial charge in [0.25, 0.3) is 0 Å². The van der Waals surface area contributed by atoms with Crippen LogP contribution in [-0.2, 0) is 14.9 Å². The van der Waals surface area contributed by atoms with Crippen LogP contribution in [0.25, 0.3) is 0 Å². The van der Waals surface area contributed by atoms with Gasteiger partial charge in [0.1, 0.15) is 11.2 Å². The molecule has 0 aromatic carbocycles. The zero-order valence-electron chi connectivity index (χ0n) is 12.0. The summed E-state index contributed by atoms with van der Waals surface area (Å²) >= 11 is 0. The Bertz CT molecular complexity index is 365. The number of hydrogen-bond acceptors (Lipinski definition) is 3. The fourth-order valence-electron chi connectivity index (χ4n) is 2.10. The molecule has 0 amide bonds. The van der Waals surface area contributed by atoms with E-state index in [2.05, 4.69) is 13.8 Å². The van der Waals surface area contributed by atoms with Gasteiger partial charge in [-0.25, -0.2) is 0 Å². The topological polar surface area (TPSA) is 39.4 Å². The molecule has 3 nitrogen and oxygen atoms in total. The van der Waals surface area contributed by atoms with Crippen LogP contribution in [-0.4, -0.2) is 12.6 Å². The molecule has 1 heterocycles. The summed E-state index contributed by atoms with van der Waals surface area (Å²) in [7, 11) is 0. The monoisotopic (exact) mass is 252 g/mol. The minimum absolute atomic E-state index is 0.195. The molecule has 1 rings (SSSR count). The molecule has 0 aliphatic carbocycles. The van der Waals surface area contributed by atoms with E-state index in [1.807, 2.05) is 32.9 Å². The summed E-state index contributed by atoms with van der Waals surface area (Å²) in [6.45, 7) is 10.6. The predicted molar refractivity (Wildman–Crippen MR) is 71.3 cm³/mol. The SMILES string of the molecule is CC(C)COC(=O)C(C)(CC(C)C)c1ccco1. The first kappa shape index (κ1) is 14.8. The number of carbonyl (C=O) groups is 1. The summed E-state index contributed by atoms with van der Waals surface area (Å²) in [6.07, 6.45) is 2.32. The third-order valence-electron chi connectivity index (χ3n) is 2.88. The van der Waals surface area contributed by atoms with Gasteiger partial charge in [-0.05, 0) is 37.3 Å². The summed E-state index contributed by atoms with van der Waals surface area (Å²) in [5, 5.41) is 0. The van der Waals surface area contributed by atoms with Crippen LogP contribution in [0, 0.1) is 11.8 Å². The van der Waals surface area contributed by atoms with Crippen LogP contribution in [0.2, 0.25) is 0 Å². The fourth-order valence-corrected chi connectivity index (χ4v) is 2.10. The zero-order chi connectivity index (χ0) is 13.8. The molecular weight excluding hydrogens is 228 g/mol. The van der Waals surface area contributed by atoms with Crippen LogP contribution in [0.3, 0.4) is 0 Å². The van der Waals surface area contributed by atoms with E-state index < -0.39 is 5.41 Å². The van der Waals surface area contributed by atoms with E-state index in [0.29, 0.717) is 24.2 Å². The Labute approximate surface area is 110 Å². The van der Waals surface area contributed by atoms with Crippen LogP contribution in [0.5, 0.6) is 0 Å². The van der Waals surface area contributed by atoms with Crippen molar-refractivity contribution in [2.24, 2.45) is 11.8 Å². The minimum Gasteiger partial charge on any atom is -0.468 e. The molecule has 102 valence electrons. The Morgan fingerprint density at radius 2 is 2.00 bits per heavy atom. The van der Waals surface area contributed by atoms with Gasteiger partial charge in [-0.1, -0.05) is 27.7 Å². The number of ether oxygens (including phenoxy) is 1. The number of carbonyl (C=O) groups excluding carboxylic acids is 1. The van der Waals surface area contributed by atoms with Crippen molar-refractivity contribution in [1.29, 1.82) is 0 Å². The van der Waals surface area contributed by atoms with Crippen molar-refractivity contribution in [3.63, 3.8) is 0 Å². The number of rotatable bonds is 6. The molecule has 3 heteroatoms. The largest absolute Gasteiger partial charge is 0.468 e. The maximum atomic E-state index is 12.3. The fraction of sp³-hybridized carbons (Fsp3) is 0.667. The van der Waals surface area contributed by atoms with E-state index >= 15 is 0 Å². The highest BCUT2D eigenvalue weighted by Crippen LogP contribution is 2.33. The zero-order valence-corrected chi connectivity index (χ0v) is 12.0. The Hall–Kier alpha value is -1.25. The number of esters is 1. The van der Waals surface area contributed by atoms with Crippen molar-refractivity contribution in [2.75, 3.05) is 6.61 Å². The van der Waals surface area contributed by atoms with Crippen molar-refractivity contribution in [3.05, 3.63) is 24.2 Å². The van der Waals surface area contributed by atoms with Gasteiger partial charge in [-0.2, -0.15) is 0 Å². The first-order valence-corrected chi connectivity index (χ1v) is 6.57. The van der Waals surface area contributed by atoms with Gasteiger partial charge in [0.15, 0.2) is 0 Å². The summed E-state index contributed by atoms with van der Waals surface area (Å²) in [4.78, 5) is 12.3. The average molecular weight is 252 g/mol. The molecule has 0 aliphatic rings. The molecule has 0 bridgehead atoms. The second-order valence-corrected chi connectivity index (χ2v) is 5.90. The van der Waals surface area contributed by atoms with Gasteiger partial charge < -0.3 is 9.15 Å². The number of hydrogen-bond donors (Lipinski definition) is 0. The van der Waals surface area contributed by atoms with Crippen molar-refractivity contribution in [1.82, 2.24) is 0 Å². The lowest BCUT2D eigenvalue weighted by atomic mass is 9.80. The molecule has 0 N–H and O–H groups in total.